The molecule has 0 aliphatic carbocycles. The second kappa shape index (κ2) is 8.62. The van der Waals surface area contributed by atoms with Crippen molar-refractivity contribution < 1.29 is 0 Å². The minimum Gasteiger partial charge on any atom is -0.340 e. The summed E-state index contributed by atoms with van der Waals surface area (Å²) in [7, 11) is 3.19. The van der Waals surface area contributed by atoms with E-state index in [1.54, 1.807) is 18.4 Å². The number of para-hydroxylation sites is 1. The number of nitrogens with one attached hydrogen (secondary N) is 1. The third-order valence-electron chi connectivity index (χ3n) is 6.58. The fraction of sp³-hybridized carbons (Fsp3) is 0.107. The Morgan fingerprint density at radius 2 is 1.58 bits per heavy atom. The van der Waals surface area contributed by atoms with Crippen LogP contribution in [0.25, 0.3) is 21.5 Å². The average Bonchev–Trinajstić information content (AvgIpc) is 3.34. The number of halogens is 1. The van der Waals surface area contributed by atoms with Gasteiger partial charge < -0.3 is 5.32 Å². The third kappa shape index (κ3) is 3.51. The summed E-state index contributed by atoms with van der Waals surface area (Å²) in [5.74, 6) is 0.00606. The van der Waals surface area contributed by atoms with Crippen molar-refractivity contribution in [2.45, 2.75) is 5.92 Å². The lowest BCUT2D eigenvalue weighted by Crippen LogP contribution is -2.42. The lowest BCUT2D eigenvalue weighted by molar-refractivity contribution is 0.673. The molecule has 0 spiro atoms. The summed E-state index contributed by atoms with van der Waals surface area (Å²) in [6.07, 6.45) is 0. The van der Waals surface area contributed by atoms with Gasteiger partial charge in [-0.2, -0.15) is 0 Å². The SMILES string of the molecule is Cn1c2c(c(=O)n(C)c1=O)C(c1ccc(Cl)cc1)C(c1nc3ccccc3s1)=C(c1ccccc1)N2. The predicted octanol–water partition coefficient (Wildman–Crippen LogP) is 5.47. The summed E-state index contributed by atoms with van der Waals surface area (Å²) in [5, 5.41) is 4.88. The van der Waals surface area contributed by atoms with Crippen molar-refractivity contribution in [3.63, 3.8) is 0 Å². The number of hydrogen-bond acceptors (Lipinski definition) is 5. The number of rotatable bonds is 3. The van der Waals surface area contributed by atoms with Crippen LogP contribution in [-0.4, -0.2) is 14.1 Å². The first kappa shape index (κ1) is 22.5. The molecule has 3 heterocycles. The summed E-state index contributed by atoms with van der Waals surface area (Å²) >= 11 is 7.82. The second-order valence-electron chi connectivity index (χ2n) is 8.72. The first-order valence-corrected chi connectivity index (χ1v) is 12.6. The summed E-state index contributed by atoms with van der Waals surface area (Å²) in [6, 6.07) is 25.4. The van der Waals surface area contributed by atoms with E-state index in [9.17, 15) is 9.59 Å². The molecule has 0 radical (unpaired) electrons. The van der Waals surface area contributed by atoms with E-state index in [2.05, 4.69) is 5.32 Å². The molecule has 1 N–H and O–H groups in total. The van der Waals surface area contributed by atoms with Crippen LogP contribution < -0.4 is 16.6 Å². The fourth-order valence-electron chi connectivity index (χ4n) is 4.79. The number of thiazole rings is 1. The molecule has 0 fully saturated rings. The third-order valence-corrected chi connectivity index (χ3v) is 7.90. The van der Waals surface area contributed by atoms with Gasteiger partial charge >= 0.3 is 5.69 Å². The van der Waals surface area contributed by atoms with Gasteiger partial charge in [-0.05, 0) is 35.4 Å². The van der Waals surface area contributed by atoms with Crippen LogP contribution in [0.4, 0.5) is 5.82 Å². The van der Waals surface area contributed by atoms with Gasteiger partial charge in [0.15, 0.2) is 0 Å². The Morgan fingerprint density at radius 3 is 2.31 bits per heavy atom. The van der Waals surface area contributed by atoms with Gasteiger partial charge in [-0.1, -0.05) is 66.2 Å². The highest BCUT2D eigenvalue weighted by Gasteiger charge is 2.37. The molecule has 2 aromatic heterocycles. The minimum absolute atomic E-state index is 0.341. The van der Waals surface area contributed by atoms with Crippen molar-refractivity contribution in [1.82, 2.24) is 14.1 Å². The maximum Gasteiger partial charge on any atom is 0.332 e. The molecule has 5 aromatic rings. The number of fused-ring (bicyclic) bond motifs is 2. The Balaban J connectivity index is 1.76. The zero-order chi connectivity index (χ0) is 25.0. The molecule has 1 unspecified atom stereocenters. The van der Waals surface area contributed by atoms with E-state index < -0.39 is 11.6 Å². The molecule has 1 atom stereocenters. The van der Waals surface area contributed by atoms with Crippen molar-refractivity contribution in [3.8, 4) is 0 Å². The standard InChI is InChI=1S/C28H21ClN4O2S/c1-32-25-23(27(34)33(2)28(32)35)21(16-12-14-18(29)15-13-16)22(24(31-25)17-8-4-3-5-9-17)26-30-19-10-6-7-11-20(19)36-26/h3-15,21,31H,1-2H3. The highest BCUT2D eigenvalue weighted by Crippen LogP contribution is 2.48. The van der Waals surface area contributed by atoms with Gasteiger partial charge in [0.25, 0.3) is 5.56 Å². The van der Waals surface area contributed by atoms with Crippen LogP contribution in [0.3, 0.4) is 0 Å². The first-order valence-electron chi connectivity index (χ1n) is 11.4. The van der Waals surface area contributed by atoms with Gasteiger partial charge in [0.1, 0.15) is 10.8 Å². The Bertz CT molecular complexity index is 1750. The number of nitrogens with zero attached hydrogens (tertiary/aromatic N) is 3. The zero-order valence-corrected chi connectivity index (χ0v) is 21.1. The van der Waals surface area contributed by atoms with E-state index in [0.29, 0.717) is 16.4 Å². The molecule has 1 aliphatic rings. The van der Waals surface area contributed by atoms with Crippen LogP contribution in [0.15, 0.2) is 88.5 Å². The van der Waals surface area contributed by atoms with Gasteiger partial charge in [0.2, 0.25) is 0 Å². The van der Waals surface area contributed by atoms with Crippen molar-refractivity contribution in [3.05, 3.63) is 126 Å². The molecule has 1 aliphatic heterocycles. The summed E-state index contributed by atoms with van der Waals surface area (Å²) in [6.45, 7) is 0. The van der Waals surface area contributed by atoms with E-state index in [1.807, 2.05) is 78.9 Å². The topological polar surface area (TPSA) is 68.9 Å². The maximum absolute atomic E-state index is 13.7. The second-order valence-corrected chi connectivity index (χ2v) is 10.2. The maximum atomic E-state index is 13.7. The highest BCUT2D eigenvalue weighted by molar-refractivity contribution is 7.19. The van der Waals surface area contributed by atoms with Crippen LogP contribution in [0.1, 0.15) is 27.6 Å². The average molecular weight is 513 g/mol. The van der Waals surface area contributed by atoms with Gasteiger partial charge in [0, 0.05) is 30.6 Å². The number of anilines is 1. The quantitative estimate of drug-likeness (QED) is 0.348. The highest BCUT2D eigenvalue weighted by atomic mass is 35.5. The molecular weight excluding hydrogens is 492 g/mol. The molecular formula is C28H21ClN4O2S. The molecule has 36 heavy (non-hydrogen) atoms. The summed E-state index contributed by atoms with van der Waals surface area (Å²) < 4.78 is 3.71. The molecule has 0 saturated heterocycles. The smallest absolute Gasteiger partial charge is 0.332 e. The predicted molar refractivity (Wildman–Crippen MR) is 147 cm³/mol. The molecule has 0 bridgehead atoms. The number of benzene rings is 3. The Hall–Kier alpha value is -3.94. The lowest BCUT2D eigenvalue weighted by Gasteiger charge is -2.32. The van der Waals surface area contributed by atoms with Gasteiger partial charge in [-0.3, -0.25) is 13.9 Å². The van der Waals surface area contributed by atoms with Crippen LogP contribution in [0, 0.1) is 0 Å². The number of aromatic nitrogens is 3. The molecule has 8 heteroatoms. The van der Waals surface area contributed by atoms with Crippen LogP contribution in [0.5, 0.6) is 0 Å². The fourth-order valence-corrected chi connectivity index (χ4v) is 5.97. The minimum atomic E-state index is -0.472. The molecule has 6 nitrogen and oxygen atoms in total. The molecule has 3 aromatic carbocycles. The van der Waals surface area contributed by atoms with Crippen molar-refractivity contribution in [2.75, 3.05) is 5.32 Å². The normalized spacial score (nSPS) is 15.1. The molecule has 0 amide bonds. The van der Waals surface area contributed by atoms with Crippen molar-refractivity contribution in [2.24, 2.45) is 14.1 Å². The van der Waals surface area contributed by atoms with Crippen molar-refractivity contribution in [1.29, 1.82) is 0 Å². The largest absolute Gasteiger partial charge is 0.340 e. The van der Waals surface area contributed by atoms with Crippen molar-refractivity contribution >= 4 is 50.2 Å². The van der Waals surface area contributed by atoms with E-state index in [4.69, 9.17) is 16.6 Å². The monoisotopic (exact) mass is 512 g/mol. The first-order chi connectivity index (χ1) is 17.4. The zero-order valence-electron chi connectivity index (χ0n) is 19.5. The number of hydrogen-bond donors (Lipinski definition) is 1. The molecule has 6 rings (SSSR count). The van der Waals surface area contributed by atoms with Gasteiger partial charge in [-0.15, -0.1) is 11.3 Å². The van der Waals surface area contributed by atoms with E-state index >= 15 is 0 Å². The number of allylic oxidation sites excluding steroid dienone is 1. The Kier molecular flexibility index (Phi) is 5.39. The van der Waals surface area contributed by atoms with Crippen LogP contribution >= 0.6 is 22.9 Å². The molecule has 178 valence electrons. The van der Waals surface area contributed by atoms with E-state index in [0.717, 1.165) is 42.2 Å². The van der Waals surface area contributed by atoms with Gasteiger partial charge in [0.05, 0.1) is 21.5 Å². The summed E-state index contributed by atoms with van der Waals surface area (Å²) in [5.41, 5.74) is 4.17. The lowest BCUT2D eigenvalue weighted by atomic mass is 9.81. The van der Waals surface area contributed by atoms with E-state index in [-0.39, 0.29) is 5.56 Å². The van der Waals surface area contributed by atoms with Crippen LogP contribution in [0.2, 0.25) is 5.02 Å². The molecule has 0 saturated carbocycles. The van der Waals surface area contributed by atoms with Crippen LogP contribution in [-0.2, 0) is 14.1 Å². The Labute approximate surface area is 215 Å². The van der Waals surface area contributed by atoms with E-state index in [1.165, 1.54) is 11.6 Å². The summed E-state index contributed by atoms with van der Waals surface area (Å²) in [4.78, 5) is 31.6. The van der Waals surface area contributed by atoms with Gasteiger partial charge in [-0.25, -0.2) is 9.78 Å². The Morgan fingerprint density at radius 1 is 0.889 bits per heavy atom.